The fraction of sp³-hybridized carbons (Fsp3) is 0.118. The Morgan fingerprint density at radius 1 is 1.12 bits per heavy atom. The first kappa shape index (κ1) is 16.5. The van der Waals surface area contributed by atoms with Crippen LogP contribution in [-0.4, -0.2) is 26.2 Å². The van der Waals surface area contributed by atoms with Crippen LogP contribution in [0, 0.1) is 5.21 Å². The van der Waals surface area contributed by atoms with Crippen LogP contribution in [0.5, 0.6) is 0 Å². The third-order valence-electron chi connectivity index (χ3n) is 4.34. The molecule has 2 unspecified atom stereocenters. The van der Waals surface area contributed by atoms with Crippen molar-refractivity contribution in [2.75, 3.05) is 10.2 Å². The van der Waals surface area contributed by atoms with Gasteiger partial charge in [-0.05, 0) is 29.8 Å². The van der Waals surface area contributed by atoms with Gasteiger partial charge in [0.2, 0.25) is 0 Å². The summed E-state index contributed by atoms with van der Waals surface area (Å²) in [6.07, 6.45) is 1.29. The van der Waals surface area contributed by atoms with Crippen molar-refractivity contribution < 1.29 is 10.0 Å². The molecule has 1 aliphatic heterocycles. The van der Waals surface area contributed by atoms with Crippen molar-refractivity contribution in [3.8, 4) is 0 Å². The number of rotatable bonds is 3. The highest BCUT2D eigenvalue weighted by Gasteiger charge is 2.49. The van der Waals surface area contributed by atoms with E-state index < -0.39 is 17.3 Å². The number of nitrogens with zero attached hydrogens (tertiary/aromatic N) is 4. The summed E-state index contributed by atoms with van der Waals surface area (Å²) in [4.78, 5) is 29.3. The van der Waals surface area contributed by atoms with E-state index in [0.29, 0.717) is 16.5 Å². The normalized spacial score (nSPS) is 19.5. The first-order valence-corrected chi connectivity index (χ1v) is 8.12. The average molecular weight is 372 g/mol. The molecule has 1 aliphatic rings. The number of carbonyl (C=O) groups excluding carboxylic acids is 1. The minimum Gasteiger partial charge on any atom is -0.733 e. The quantitative estimate of drug-likeness (QED) is 0.428. The lowest BCUT2D eigenvalue weighted by molar-refractivity contribution is -0.126. The van der Waals surface area contributed by atoms with E-state index in [0.717, 1.165) is 4.68 Å². The van der Waals surface area contributed by atoms with Crippen LogP contribution in [-0.2, 0) is 4.79 Å². The SMILES string of the molecule is O=C1C(Cl)C(c2ccc(N([O-])O)cc2)N1n1cnc2ccccc2c1=O. The van der Waals surface area contributed by atoms with Crippen LogP contribution in [0.3, 0.4) is 0 Å². The van der Waals surface area contributed by atoms with E-state index in [1.807, 2.05) is 0 Å². The Morgan fingerprint density at radius 3 is 2.50 bits per heavy atom. The Hall–Kier alpha value is -2.94. The maximum absolute atomic E-state index is 12.7. The van der Waals surface area contributed by atoms with Crippen molar-refractivity contribution in [2.45, 2.75) is 11.4 Å². The molecule has 4 rings (SSSR count). The molecule has 9 heteroatoms. The summed E-state index contributed by atoms with van der Waals surface area (Å²) < 4.78 is 1.15. The van der Waals surface area contributed by atoms with Crippen molar-refractivity contribution in [3.63, 3.8) is 0 Å². The van der Waals surface area contributed by atoms with Crippen LogP contribution in [0.1, 0.15) is 11.6 Å². The Morgan fingerprint density at radius 2 is 1.81 bits per heavy atom. The number of para-hydroxylation sites is 1. The second-order valence-electron chi connectivity index (χ2n) is 5.81. The van der Waals surface area contributed by atoms with E-state index >= 15 is 0 Å². The van der Waals surface area contributed by atoms with Crippen LogP contribution >= 0.6 is 11.6 Å². The molecule has 132 valence electrons. The van der Waals surface area contributed by atoms with Gasteiger partial charge in [-0.2, -0.15) is 0 Å². The molecular weight excluding hydrogens is 360 g/mol. The predicted molar refractivity (Wildman–Crippen MR) is 95.7 cm³/mol. The molecule has 0 saturated carbocycles. The molecule has 2 atom stereocenters. The number of carbonyl (C=O) groups is 1. The third kappa shape index (κ3) is 2.43. The summed E-state index contributed by atoms with van der Waals surface area (Å²) in [5.41, 5.74) is 0.815. The van der Waals surface area contributed by atoms with Gasteiger partial charge in [0.15, 0.2) is 0 Å². The van der Waals surface area contributed by atoms with Gasteiger partial charge in [-0.25, -0.2) is 14.7 Å². The number of hydrogen-bond acceptors (Lipinski definition) is 6. The number of benzene rings is 2. The molecule has 1 amide bonds. The topological polar surface area (TPSA) is 102 Å². The molecule has 2 aromatic carbocycles. The first-order chi connectivity index (χ1) is 12.5. The van der Waals surface area contributed by atoms with Gasteiger partial charge in [-0.15, -0.1) is 11.6 Å². The molecule has 0 bridgehead atoms. The lowest BCUT2D eigenvalue weighted by atomic mass is 9.95. The minimum atomic E-state index is -0.850. The maximum Gasteiger partial charge on any atom is 0.280 e. The molecule has 2 heterocycles. The molecule has 1 aromatic heterocycles. The summed E-state index contributed by atoms with van der Waals surface area (Å²) in [5.74, 6) is -0.424. The van der Waals surface area contributed by atoms with Crippen molar-refractivity contribution in [1.82, 2.24) is 9.66 Å². The summed E-state index contributed by atoms with van der Waals surface area (Å²) in [6.45, 7) is 0. The fourth-order valence-corrected chi connectivity index (χ4v) is 3.36. The van der Waals surface area contributed by atoms with Gasteiger partial charge in [0.05, 0.1) is 16.6 Å². The van der Waals surface area contributed by atoms with Gasteiger partial charge in [-0.3, -0.25) is 14.8 Å². The number of hydrogen-bond donors (Lipinski definition) is 1. The van der Waals surface area contributed by atoms with Crippen molar-refractivity contribution in [1.29, 1.82) is 0 Å². The largest absolute Gasteiger partial charge is 0.733 e. The molecule has 1 N–H and O–H groups in total. The zero-order valence-corrected chi connectivity index (χ0v) is 13.9. The second-order valence-corrected chi connectivity index (χ2v) is 6.28. The standard InChI is InChI=1S/C17H12ClN4O4/c18-14-15(10-5-7-11(8-6-10)22(25)26)21(17(14)24)20-9-19-13-4-2-1-3-12(13)16(20)23/h1-9,14-15,25H/q-1. The van der Waals surface area contributed by atoms with E-state index in [4.69, 9.17) is 16.8 Å². The van der Waals surface area contributed by atoms with Gasteiger partial charge >= 0.3 is 0 Å². The van der Waals surface area contributed by atoms with Gasteiger partial charge < -0.3 is 10.4 Å². The number of halogens is 1. The molecule has 1 fully saturated rings. The van der Waals surface area contributed by atoms with Gasteiger partial charge in [0.1, 0.15) is 17.7 Å². The number of alkyl halides is 1. The van der Waals surface area contributed by atoms with E-state index in [2.05, 4.69) is 4.98 Å². The molecule has 0 spiro atoms. The maximum atomic E-state index is 12.7. The fourth-order valence-electron chi connectivity index (χ4n) is 3.00. The van der Waals surface area contributed by atoms with Gasteiger partial charge in [0, 0.05) is 0 Å². The van der Waals surface area contributed by atoms with Crippen LogP contribution in [0.15, 0.2) is 59.7 Å². The van der Waals surface area contributed by atoms with Crippen molar-refractivity contribution in [2.24, 2.45) is 0 Å². The van der Waals surface area contributed by atoms with E-state index in [-0.39, 0.29) is 16.5 Å². The molecule has 0 aliphatic carbocycles. The molecular formula is C17H12ClN4O4-. The highest BCUT2D eigenvalue weighted by Crippen LogP contribution is 2.37. The second kappa shape index (κ2) is 6.10. The lowest BCUT2D eigenvalue weighted by Gasteiger charge is -2.44. The smallest absolute Gasteiger partial charge is 0.280 e. The minimum absolute atomic E-state index is 0.0432. The molecule has 26 heavy (non-hydrogen) atoms. The number of fused-ring (bicyclic) bond motifs is 1. The zero-order valence-electron chi connectivity index (χ0n) is 13.2. The van der Waals surface area contributed by atoms with Crippen LogP contribution in [0.25, 0.3) is 10.9 Å². The molecule has 1 saturated heterocycles. The molecule has 8 nitrogen and oxygen atoms in total. The average Bonchev–Trinajstić information content (AvgIpc) is 2.66. The molecule has 3 aromatic rings. The summed E-state index contributed by atoms with van der Waals surface area (Å²) in [7, 11) is 0. The van der Waals surface area contributed by atoms with E-state index in [1.165, 1.54) is 23.5 Å². The monoisotopic (exact) mass is 371 g/mol. The Labute approximate surface area is 152 Å². The number of amides is 1. The van der Waals surface area contributed by atoms with E-state index in [9.17, 15) is 14.8 Å². The predicted octanol–water partition coefficient (Wildman–Crippen LogP) is 1.92. The summed E-state index contributed by atoms with van der Waals surface area (Å²) >= 11 is 6.17. The highest BCUT2D eigenvalue weighted by molar-refractivity contribution is 6.36. The van der Waals surface area contributed by atoms with Gasteiger partial charge in [0.25, 0.3) is 11.5 Å². The Bertz CT molecular complexity index is 1050. The summed E-state index contributed by atoms with van der Waals surface area (Å²) in [5, 5.41) is 20.3. The molecule has 0 radical (unpaired) electrons. The zero-order chi connectivity index (χ0) is 18.4. The van der Waals surface area contributed by atoms with Crippen LogP contribution < -0.4 is 15.8 Å². The van der Waals surface area contributed by atoms with Crippen LogP contribution in [0.4, 0.5) is 5.69 Å². The number of aromatic nitrogens is 2. The van der Waals surface area contributed by atoms with Crippen molar-refractivity contribution >= 4 is 34.1 Å². The first-order valence-electron chi connectivity index (χ1n) is 7.69. The lowest BCUT2D eigenvalue weighted by Crippen LogP contribution is -2.64. The Balaban J connectivity index is 1.77. The van der Waals surface area contributed by atoms with E-state index in [1.54, 1.807) is 36.4 Å². The van der Waals surface area contributed by atoms with Crippen molar-refractivity contribution in [3.05, 3.63) is 76.0 Å². The van der Waals surface area contributed by atoms with Crippen LogP contribution in [0.2, 0.25) is 0 Å². The van der Waals surface area contributed by atoms with Gasteiger partial charge in [-0.1, -0.05) is 24.3 Å². The third-order valence-corrected chi connectivity index (χ3v) is 4.76. The Kier molecular flexibility index (Phi) is 3.87. The number of β-lactam (4-membered cyclic amide) rings is 1. The number of anilines is 1. The summed E-state index contributed by atoms with van der Waals surface area (Å²) in [6, 6.07) is 12.2. The highest BCUT2D eigenvalue weighted by atomic mass is 35.5.